The minimum absolute atomic E-state index is 0.0206. The van der Waals surface area contributed by atoms with E-state index in [4.69, 9.17) is 9.47 Å². The molecule has 0 saturated carbocycles. The standard InChI is InChI=1S/C27H34N4O4/c1-20(16-22-5-6-23-24(17-22)35-19-34-23)18-30-14-9-27(10-15-30)25(32)31(26(33)29(27)2)13-3-4-21-7-11-28-12-8-21/h5-8,11-12,17,20H,3-4,9-10,13-16,18-19H2,1-2H3/t20-/m0/s1. The predicted molar refractivity (Wildman–Crippen MR) is 131 cm³/mol. The Bertz CT molecular complexity index is 1070. The Labute approximate surface area is 206 Å². The number of urea groups is 1. The lowest BCUT2D eigenvalue weighted by Gasteiger charge is -2.41. The zero-order valence-electron chi connectivity index (χ0n) is 20.6. The first-order chi connectivity index (χ1) is 17.0. The van der Waals surface area contributed by atoms with Gasteiger partial charge in [0.05, 0.1) is 0 Å². The second kappa shape index (κ2) is 9.85. The van der Waals surface area contributed by atoms with Crippen LogP contribution in [0.5, 0.6) is 11.5 Å². The molecule has 1 atom stereocenters. The lowest BCUT2D eigenvalue weighted by Crippen LogP contribution is -2.55. The molecular formula is C27H34N4O4. The number of pyridine rings is 1. The Morgan fingerprint density at radius 3 is 2.54 bits per heavy atom. The SMILES string of the molecule is C[C@@H](Cc1ccc2c(c1)OCO2)CN1CCC2(CC1)C(=O)N(CCCc1ccncc1)C(=O)N2C. The Morgan fingerprint density at radius 1 is 1.03 bits per heavy atom. The van der Waals surface area contributed by atoms with E-state index in [2.05, 4.69) is 28.9 Å². The highest BCUT2D eigenvalue weighted by Crippen LogP contribution is 2.37. The number of hydrogen-bond donors (Lipinski definition) is 0. The van der Waals surface area contributed by atoms with Crippen LogP contribution in [0.2, 0.25) is 0 Å². The van der Waals surface area contributed by atoms with Gasteiger partial charge in [-0.1, -0.05) is 13.0 Å². The molecule has 8 nitrogen and oxygen atoms in total. The summed E-state index contributed by atoms with van der Waals surface area (Å²) >= 11 is 0. The fourth-order valence-corrected chi connectivity index (χ4v) is 5.66. The van der Waals surface area contributed by atoms with Crippen LogP contribution in [0.25, 0.3) is 0 Å². The van der Waals surface area contributed by atoms with Crippen LogP contribution in [0.15, 0.2) is 42.7 Å². The summed E-state index contributed by atoms with van der Waals surface area (Å²) in [7, 11) is 1.79. The first-order valence-electron chi connectivity index (χ1n) is 12.6. The van der Waals surface area contributed by atoms with Gasteiger partial charge in [-0.05, 0) is 73.4 Å². The third-order valence-electron chi connectivity index (χ3n) is 7.67. The number of piperidine rings is 1. The van der Waals surface area contributed by atoms with Crippen molar-refractivity contribution < 1.29 is 19.1 Å². The monoisotopic (exact) mass is 478 g/mol. The van der Waals surface area contributed by atoms with Gasteiger partial charge in [0, 0.05) is 45.6 Å². The van der Waals surface area contributed by atoms with Crippen molar-refractivity contribution in [1.29, 1.82) is 0 Å². The van der Waals surface area contributed by atoms with E-state index in [9.17, 15) is 9.59 Å². The lowest BCUT2D eigenvalue weighted by atomic mass is 9.85. The second-order valence-corrected chi connectivity index (χ2v) is 10.1. The van der Waals surface area contributed by atoms with Gasteiger partial charge in [-0.25, -0.2) is 4.79 Å². The number of ether oxygens (including phenoxy) is 2. The summed E-state index contributed by atoms with van der Waals surface area (Å²) in [6.07, 6.45) is 7.46. The number of hydrogen-bond acceptors (Lipinski definition) is 6. The Morgan fingerprint density at radius 2 is 1.77 bits per heavy atom. The second-order valence-electron chi connectivity index (χ2n) is 10.1. The van der Waals surface area contributed by atoms with Gasteiger partial charge in [0.25, 0.3) is 5.91 Å². The maximum Gasteiger partial charge on any atom is 0.327 e. The number of likely N-dealkylation sites (tertiary alicyclic amines) is 1. The molecule has 186 valence electrons. The number of aromatic nitrogens is 1. The molecular weight excluding hydrogens is 444 g/mol. The van der Waals surface area contributed by atoms with Crippen molar-refractivity contribution in [3.63, 3.8) is 0 Å². The fourth-order valence-electron chi connectivity index (χ4n) is 5.66. The minimum atomic E-state index is -0.690. The summed E-state index contributed by atoms with van der Waals surface area (Å²) in [4.78, 5) is 36.0. The summed E-state index contributed by atoms with van der Waals surface area (Å²) in [5.74, 6) is 2.09. The van der Waals surface area contributed by atoms with E-state index >= 15 is 0 Å². The van der Waals surface area contributed by atoms with Crippen molar-refractivity contribution >= 4 is 11.9 Å². The summed E-state index contributed by atoms with van der Waals surface area (Å²) in [6, 6.07) is 9.96. The zero-order valence-corrected chi connectivity index (χ0v) is 20.6. The first kappa shape index (κ1) is 23.6. The van der Waals surface area contributed by atoms with Crippen molar-refractivity contribution in [2.45, 2.75) is 44.6 Å². The molecule has 0 bridgehead atoms. The van der Waals surface area contributed by atoms with Gasteiger partial charge in [-0.15, -0.1) is 0 Å². The number of likely N-dealkylation sites (N-methyl/N-ethyl adjacent to an activating group) is 1. The smallest absolute Gasteiger partial charge is 0.327 e. The maximum absolute atomic E-state index is 13.4. The molecule has 0 unspecified atom stereocenters. The molecule has 8 heteroatoms. The third kappa shape index (κ3) is 4.72. The van der Waals surface area contributed by atoms with Gasteiger partial charge in [0.2, 0.25) is 6.79 Å². The third-order valence-corrected chi connectivity index (χ3v) is 7.67. The molecule has 2 saturated heterocycles. The van der Waals surface area contributed by atoms with Gasteiger partial charge in [0.1, 0.15) is 5.54 Å². The number of imide groups is 1. The number of carbonyl (C=O) groups excluding carboxylic acids is 2. The van der Waals surface area contributed by atoms with Crippen LogP contribution < -0.4 is 9.47 Å². The molecule has 0 aliphatic carbocycles. The maximum atomic E-state index is 13.4. The highest BCUT2D eigenvalue weighted by molar-refractivity contribution is 6.07. The van der Waals surface area contributed by atoms with Crippen LogP contribution in [-0.2, 0) is 17.6 Å². The lowest BCUT2D eigenvalue weighted by molar-refractivity contribution is -0.135. The van der Waals surface area contributed by atoms with Crippen LogP contribution in [0, 0.1) is 5.92 Å². The summed E-state index contributed by atoms with van der Waals surface area (Å²) in [6.45, 7) is 5.62. The highest BCUT2D eigenvalue weighted by atomic mass is 16.7. The van der Waals surface area contributed by atoms with Gasteiger partial charge >= 0.3 is 6.03 Å². The number of benzene rings is 1. The molecule has 2 aromatic rings. The van der Waals surface area contributed by atoms with Crippen molar-refractivity contribution in [1.82, 2.24) is 19.7 Å². The molecule has 0 radical (unpaired) electrons. The van der Waals surface area contributed by atoms with E-state index in [0.29, 0.717) is 32.1 Å². The predicted octanol–water partition coefficient (Wildman–Crippen LogP) is 3.35. The van der Waals surface area contributed by atoms with Crippen LogP contribution in [0.3, 0.4) is 0 Å². The molecule has 4 heterocycles. The Hall–Kier alpha value is -3.13. The van der Waals surface area contributed by atoms with Crippen LogP contribution in [-0.4, -0.2) is 77.2 Å². The van der Waals surface area contributed by atoms with E-state index in [1.807, 2.05) is 18.2 Å². The normalized spacial score (nSPS) is 20.2. The molecule has 35 heavy (non-hydrogen) atoms. The van der Waals surface area contributed by atoms with Crippen molar-refractivity contribution in [3.05, 3.63) is 53.9 Å². The molecule has 3 amide bonds. The number of aryl methyl sites for hydroxylation is 1. The topological polar surface area (TPSA) is 75.2 Å². The van der Waals surface area contributed by atoms with E-state index < -0.39 is 5.54 Å². The van der Waals surface area contributed by atoms with E-state index in [-0.39, 0.29) is 11.9 Å². The van der Waals surface area contributed by atoms with Gasteiger partial charge in [-0.2, -0.15) is 0 Å². The van der Waals surface area contributed by atoms with Crippen molar-refractivity contribution in [3.8, 4) is 11.5 Å². The average molecular weight is 479 g/mol. The largest absolute Gasteiger partial charge is 0.454 e. The van der Waals surface area contributed by atoms with Crippen LogP contribution >= 0.6 is 0 Å². The zero-order chi connectivity index (χ0) is 24.4. The van der Waals surface area contributed by atoms with Crippen LogP contribution in [0.1, 0.15) is 37.3 Å². The molecule has 1 aromatic carbocycles. The van der Waals surface area contributed by atoms with Crippen molar-refractivity contribution in [2.24, 2.45) is 5.92 Å². The number of carbonyl (C=O) groups is 2. The van der Waals surface area contributed by atoms with Gasteiger partial charge < -0.3 is 19.3 Å². The average Bonchev–Trinajstić information content (AvgIpc) is 3.40. The number of fused-ring (bicyclic) bond motifs is 1. The molecule has 1 spiro atoms. The number of nitrogens with zero attached hydrogens (tertiary/aromatic N) is 4. The number of amides is 3. The highest BCUT2D eigenvalue weighted by Gasteiger charge is 2.56. The summed E-state index contributed by atoms with van der Waals surface area (Å²) < 4.78 is 10.9. The Kier molecular flexibility index (Phi) is 6.65. The Balaban J connectivity index is 1.13. The number of rotatable bonds is 8. The fraction of sp³-hybridized carbons (Fsp3) is 0.519. The summed E-state index contributed by atoms with van der Waals surface area (Å²) in [5, 5.41) is 0. The molecule has 3 aliphatic rings. The molecule has 5 rings (SSSR count). The first-order valence-corrected chi connectivity index (χ1v) is 12.6. The van der Waals surface area contributed by atoms with E-state index in [1.54, 1.807) is 24.3 Å². The van der Waals surface area contributed by atoms with Crippen molar-refractivity contribution in [2.75, 3.05) is 40.0 Å². The van der Waals surface area contributed by atoms with Gasteiger partial charge in [0.15, 0.2) is 11.5 Å². The summed E-state index contributed by atoms with van der Waals surface area (Å²) in [5.41, 5.74) is 1.73. The molecule has 0 N–H and O–H groups in total. The minimum Gasteiger partial charge on any atom is -0.454 e. The molecule has 2 fully saturated rings. The van der Waals surface area contributed by atoms with Crippen LogP contribution in [0.4, 0.5) is 4.79 Å². The quantitative estimate of drug-likeness (QED) is 0.542. The molecule has 1 aromatic heterocycles. The van der Waals surface area contributed by atoms with E-state index in [0.717, 1.165) is 50.4 Å². The van der Waals surface area contributed by atoms with Gasteiger partial charge in [-0.3, -0.25) is 14.7 Å². The molecule has 3 aliphatic heterocycles. The van der Waals surface area contributed by atoms with E-state index in [1.165, 1.54) is 16.0 Å².